The summed E-state index contributed by atoms with van der Waals surface area (Å²) in [6.07, 6.45) is -1.89. The lowest BCUT2D eigenvalue weighted by Crippen LogP contribution is -2.14. The van der Waals surface area contributed by atoms with Gasteiger partial charge in [-0.2, -0.15) is 0 Å². The Morgan fingerprint density at radius 2 is 2.29 bits per heavy atom. The maximum Gasteiger partial charge on any atom is 0.339 e. The number of anilines is 1. The van der Waals surface area contributed by atoms with Crippen LogP contribution in [0.25, 0.3) is 0 Å². The number of nitrogens with zero attached hydrogens (tertiary/aromatic N) is 2. The fourth-order valence-corrected chi connectivity index (χ4v) is 1.03. The summed E-state index contributed by atoms with van der Waals surface area (Å²) < 4.78 is 23.8. The summed E-state index contributed by atoms with van der Waals surface area (Å²) in [6, 6.07) is 0.753. The number of rotatable bonds is 5. The van der Waals surface area contributed by atoms with E-state index < -0.39 is 35.1 Å². The Balaban J connectivity index is 3.04. The number of pyridine rings is 1. The SMILES string of the molecule is O=C(O)c1cc([N+](=O)[O-])cnc1NCC(F)F. The first-order valence-electron chi connectivity index (χ1n) is 4.31. The molecule has 1 aromatic heterocycles. The number of halogens is 2. The van der Waals surface area contributed by atoms with E-state index in [1.165, 1.54) is 0 Å². The Morgan fingerprint density at radius 3 is 2.76 bits per heavy atom. The van der Waals surface area contributed by atoms with Crippen LogP contribution in [0, 0.1) is 10.1 Å². The Labute approximate surface area is 93.2 Å². The molecule has 0 atom stereocenters. The van der Waals surface area contributed by atoms with Crippen LogP contribution in [-0.4, -0.2) is 34.0 Å². The van der Waals surface area contributed by atoms with Gasteiger partial charge in [-0.05, 0) is 0 Å². The molecule has 0 aromatic carbocycles. The zero-order valence-electron chi connectivity index (χ0n) is 8.26. The molecule has 2 N–H and O–H groups in total. The predicted octanol–water partition coefficient (Wildman–Crippen LogP) is 1.36. The molecule has 0 radical (unpaired) electrons. The Hall–Kier alpha value is -2.32. The first kappa shape index (κ1) is 12.7. The minimum atomic E-state index is -2.69. The molecular weight excluding hydrogens is 240 g/mol. The number of nitro groups is 1. The lowest BCUT2D eigenvalue weighted by Gasteiger charge is -2.07. The number of aromatic carboxylic acids is 1. The average molecular weight is 247 g/mol. The van der Waals surface area contributed by atoms with Crippen LogP contribution in [-0.2, 0) is 0 Å². The number of aromatic nitrogens is 1. The largest absolute Gasteiger partial charge is 0.478 e. The van der Waals surface area contributed by atoms with E-state index in [0.717, 1.165) is 12.3 Å². The van der Waals surface area contributed by atoms with Crippen molar-refractivity contribution in [2.45, 2.75) is 6.43 Å². The van der Waals surface area contributed by atoms with Gasteiger partial charge >= 0.3 is 5.97 Å². The van der Waals surface area contributed by atoms with Gasteiger partial charge in [0.25, 0.3) is 12.1 Å². The van der Waals surface area contributed by atoms with Crippen molar-refractivity contribution in [2.24, 2.45) is 0 Å². The van der Waals surface area contributed by atoms with Gasteiger partial charge in [0.05, 0.1) is 11.5 Å². The summed E-state index contributed by atoms with van der Waals surface area (Å²) in [5.74, 6) is -1.82. The number of carboxylic acids is 1. The van der Waals surface area contributed by atoms with Gasteiger partial charge < -0.3 is 10.4 Å². The van der Waals surface area contributed by atoms with E-state index in [0.29, 0.717) is 0 Å². The Morgan fingerprint density at radius 1 is 1.65 bits per heavy atom. The Bertz CT molecular complexity index is 452. The van der Waals surface area contributed by atoms with E-state index >= 15 is 0 Å². The van der Waals surface area contributed by atoms with E-state index in [-0.39, 0.29) is 5.82 Å². The van der Waals surface area contributed by atoms with Crippen molar-refractivity contribution in [1.29, 1.82) is 0 Å². The molecule has 9 heteroatoms. The monoisotopic (exact) mass is 247 g/mol. The van der Waals surface area contributed by atoms with E-state index in [1.807, 2.05) is 0 Å². The second-order valence-electron chi connectivity index (χ2n) is 2.92. The second-order valence-corrected chi connectivity index (χ2v) is 2.92. The molecule has 0 amide bonds. The van der Waals surface area contributed by atoms with E-state index in [2.05, 4.69) is 10.3 Å². The molecule has 0 fully saturated rings. The maximum absolute atomic E-state index is 11.9. The van der Waals surface area contributed by atoms with E-state index in [1.54, 1.807) is 0 Å². The number of carboxylic acid groups (broad SMARTS) is 1. The van der Waals surface area contributed by atoms with Gasteiger partial charge in [-0.3, -0.25) is 10.1 Å². The topological polar surface area (TPSA) is 105 Å². The fourth-order valence-electron chi connectivity index (χ4n) is 1.03. The zero-order valence-corrected chi connectivity index (χ0v) is 8.26. The number of alkyl halides is 2. The van der Waals surface area contributed by atoms with Crippen LogP contribution in [0.5, 0.6) is 0 Å². The number of nitrogens with one attached hydrogen (secondary N) is 1. The molecule has 0 spiro atoms. The van der Waals surface area contributed by atoms with Gasteiger partial charge in [-0.15, -0.1) is 0 Å². The highest BCUT2D eigenvalue weighted by molar-refractivity contribution is 5.93. The van der Waals surface area contributed by atoms with Crippen molar-refractivity contribution >= 4 is 17.5 Å². The quantitative estimate of drug-likeness (QED) is 0.601. The lowest BCUT2D eigenvalue weighted by atomic mass is 10.2. The van der Waals surface area contributed by atoms with Gasteiger partial charge in [0.15, 0.2) is 0 Å². The molecule has 1 heterocycles. The smallest absolute Gasteiger partial charge is 0.339 e. The van der Waals surface area contributed by atoms with Gasteiger partial charge in [0.2, 0.25) is 0 Å². The minimum Gasteiger partial charge on any atom is -0.478 e. The summed E-state index contributed by atoms with van der Waals surface area (Å²) in [6.45, 7) is -0.787. The van der Waals surface area contributed by atoms with Crippen molar-refractivity contribution in [3.8, 4) is 0 Å². The maximum atomic E-state index is 11.9. The highest BCUT2D eigenvalue weighted by Crippen LogP contribution is 2.19. The van der Waals surface area contributed by atoms with Gasteiger partial charge in [0.1, 0.15) is 17.6 Å². The average Bonchev–Trinajstić information content (AvgIpc) is 2.25. The van der Waals surface area contributed by atoms with Crippen LogP contribution >= 0.6 is 0 Å². The highest BCUT2D eigenvalue weighted by atomic mass is 19.3. The number of carbonyl (C=O) groups is 1. The number of hydrogen-bond donors (Lipinski definition) is 2. The zero-order chi connectivity index (χ0) is 13.0. The van der Waals surface area contributed by atoms with Crippen molar-refractivity contribution < 1.29 is 23.6 Å². The first-order valence-corrected chi connectivity index (χ1v) is 4.31. The molecule has 0 unspecified atom stereocenters. The molecule has 0 aliphatic carbocycles. The molecule has 7 nitrogen and oxygen atoms in total. The van der Waals surface area contributed by atoms with Crippen molar-refractivity contribution in [1.82, 2.24) is 4.98 Å². The van der Waals surface area contributed by atoms with Crippen LogP contribution < -0.4 is 5.32 Å². The third-order valence-corrected chi connectivity index (χ3v) is 1.74. The molecule has 0 saturated heterocycles. The van der Waals surface area contributed by atoms with Crippen LogP contribution in [0.3, 0.4) is 0 Å². The van der Waals surface area contributed by atoms with E-state index in [9.17, 15) is 23.7 Å². The predicted molar refractivity (Wildman–Crippen MR) is 52.3 cm³/mol. The van der Waals surface area contributed by atoms with Gasteiger partial charge in [-0.1, -0.05) is 0 Å². The minimum absolute atomic E-state index is 0.330. The van der Waals surface area contributed by atoms with E-state index in [4.69, 9.17) is 5.11 Å². The lowest BCUT2D eigenvalue weighted by molar-refractivity contribution is -0.385. The standard InChI is InChI=1S/C8H7F2N3O4/c9-6(10)3-12-7-5(8(14)15)1-4(2-11-7)13(16)17/h1-2,6H,3H2,(H,11,12)(H,14,15). The Kier molecular flexibility index (Phi) is 3.86. The third-order valence-electron chi connectivity index (χ3n) is 1.74. The second kappa shape index (κ2) is 5.14. The first-order chi connectivity index (χ1) is 7.91. The molecule has 1 rings (SSSR count). The summed E-state index contributed by atoms with van der Waals surface area (Å²) in [4.78, 5) is 23.7. The summed E-state index contributed by atoms with van der Waals surface area (Å²) in [5.41, 5.74) is -1.05. The summed E-state index contributed by atoms with van der Waals surface area (Å²) in [5, 5.41) is 21.2. The van der Waals surface area contributed by atoms with Crippen LogP contribution in [0.15, 0.2) is 12.3 Å². The molecule has 0 saturated carbocycles. The van der Waals surface area contributed by atoms with Crippen molar-refractivity contribution in [3.05, 3.63) is 27.9 Å². The summed E-state index contributed by atoms with van der Waals surface area (Å²) in [7, 11) is 0. The molecule has 0 bridgehead atoms. The normalized spacial score (nSPS) is 10.3. The van der Waals surface area contributed by atoms with Crippen LogP contribution in [0.4, 0.5) is 20.3 Å². The van der Waals surface area contributed by atoms with Crippen LogP contribution in [0.1, 0.15) is 10.4 Å². The third kappa shape index (κ3) is 3.33. The van der Waals surface area contributed by atoms with Gasteiger partial charge in [-0.25, -0.2) is 18.6 Å². The molecule has 0 aliphatic heterocycles. The molecule has 17 heavy (non-hydrogen) atoms. The molecule has 1 aromatic rings. The van der Waals surface area contributed by atoms with Crippen molar-refractivity contribution in [3.63, 3.8) is 0 Å². The molecule has 92 valence electrons. The van der Waals surface area contributed by atoms with Crippen LogP contribution in [0.2, 0.25) is 0 Å². The van der Waals surface area contributed by atoms with Gasteiger partial charge in [0, 0.05) is 6.07 Å². The fraction of sp³-hybridized carbons (Fsp3) is 0.250. The van der Waals surface area contributed by atoms with Crippen molar-refractivity contribution in [2.75, 3.05) is 11.9 Å². The highest BCUT2D eigenvalue weighted by Gasteiger charge is 2.18. The molecular formula is C8H7F2N3O4. The summed E-state index contributed by atoms with van der Waals surface area (Å²) >= 11 is 0. The molecule has 0 aliphatic rings. The number of hydrogen-bond acceptors (Lipinski definition) is 5.